The molecule has 0 bridgehead atoms. The van der Waals surface area contributed by atoms with Crippen LogP contribution in [0.5, 0.6) is 0 Å². The average Bonchev–Trinajstić information content (AvgIpc) is 3.19. The first kappa shape index (κ1) is 15.6. The topological polar surface area (TPSA) is 45.5 Å². The number of hydrogen-bond acceptors (Lipinski definition) is 2. The summed E-state index contributed by atoms with van der Waals surface area (Å²) in [5.41, 5.74) is 3.95. The van der Waals surface area contributed by atoms with Gasteiger partial charge in [-0.1, -0.05) is 24.3 Å². The van der Waals surface area contributed by atoms with Gasteiger partial charge in [-0.3, -0.25) is 9.67 Å². The van der Waals surface area contributed by atoms with Crippen LogP contribution in [0.1, 0.15) is 29.0 Å². The fourth-order valence-corrected chi connectivity index (χ4v) is 3.19. The quantitative estimate of drug-likeness (QED) is 0.699. The highest BCUT2D eigenvalue weighted by atomic mass is 15.3. The number of aryl methyl sites for hydroxylation is 2. The number of hydrogen-bond donors (Lipinski definition) is 1. The Bertz CT molecular complexity index is 688. The third-order valence-corrected chi connectivity index (χ3v) is 4.59. The maximum atomic E-state index is 4.46. The first-order chi connectivity index (χ1) is 11.2. The van der Waals surface area contributed by atoms with Crippen molar-refractivity contribution >= 4 is 5.96 Å². The summed E-state index contributed by atoms with van der Waals surface area (Å²) in [6.07, 6.45) is 5.26. The van der Waals surface area contributed by atoms with Crippen LogP contribution in [0.25, 0.3) is 0 Å². The summed E-state index contributed by atoms with van der Waals surface area (Å²) < 4.78 is 1.88. The zero-order valence-corrected chi connectivity index (χ0v) is 14.2. The fraction of sp³-hybridized carbons (Fsp3) is 0.444. The lowest BCUT2D eigenvalue weighted by Gasteiger charge is -2.22. The number of guanidine groups is 1. The van der Waals surface area contributed by atoms with E-state index in [4.69, 9.17) is 0 Å². The molecule has 2 heterocycles. The zero-order valence-electron chi connectivity index (χ0n) is 14.2. The van der Waals surface area contributed by atoms with Crippen molar-refractivity contribution in [2.24, 2.45) is 12.0 Å². The molecule has 5 heteroatoms. The van der Waals surface area contributed by atoms with Gasteiger partial charge in [0.05, 0.1) is 6.20 Å². The normalized spacial score (nSPS) is 18.5. The van der Waals surface area contributed by atoms with E-state index >= 15 is 0 Å². The SMILES string of the molecule is CN=C(NCc1ccccc1C)N1CCC(c2cnn(C)c2)C1. The van der Waals surface area contributed by atoms with Gasteiger partial charge in [0.15, 0.2) is 5.96 Å². The lowest BCUT2D eigenvalue weighted by Crippen LogP contribution is -2.39. The number of benzene rings is 1. The summed E-state index contributed by atoms with van der Waals surface area (Å²) in [5, 5.41) is 7.79. The van der Waals surface area contributed by atoms with Gasteiger partial charge < -0.3 is 10.2 Å². The van der Waals surface area contributed by atoms with Crippen molar-refractivity contribution < 1.29 is 0 Å². The van der Waals surface area contributed by atoms with Gasteiger partial charge in [0.25, 0.3) is 0 Å². The number of aliphatic imine (C=N–C) groups is 1. The molecule has 0 radical (unpaired) electrons. The second-order valence-corrected chi connectivity index (χ2v) is 6.21. The van der Waals surface area contributed by atoms with E-state index in [1.54, 1.807) is 0 Å². The number of nitrogens with zero attached hydrogens (tertiary/aromatic N) is 4. The van der Waals surface area contributed by atoms with E-state index in [1.165, 1.54) is 16.7 Å². The molecule has 122 valence electrons. The summed E-state index contributed by atoms with van der Waals surface area (Å²) >= 11 is 0. The Labute approximate surface area is 138 Å². The molecule has 23 heavy (non-hydrogen) atoms. The van der Waals surface area contributed by atoms with Crippen molar-refractivity contribution in [1.82, 2.24) is 20.0 Å². The van der Waals surface area contributed by atoms with Crippen molar-refractivity contribution in [3.8, 4) is 0 Å². The molecule has 2 aromatic rings. The minimum absolute atomic E-state index is 0.542. The molecule has 0 amide bonds. The predicted octanol–water partition coefficient (Wildman–Crippen LogP) is 2.29. The van der Waals surface area contributed by atoms with Gasteiger partial charge in [0, 0.05) is 45.8 Å². The maximum absolute atomic E-state index is 4.46. The smallest absolute Gasteiger partial charge is 0.193 e. The van der Waals surface area contributed by atoms with Gasteiger partial charge in [-0.2, -0.15) is 5.10 Å². The van der Waals surface area contributed by atoms with Crippen molar-refractivity contribution in [1.29, 1.82) is 0 Å². The molecule has 1 saturated heterocycles. The van der Waals surface area contributed by atoms with Gasteiger partial charge in [0.2, 0.25) is 0 Å². The molecule has 0 spiro atoms. The monoisotopic (exact) mass is 311 g/mol. The van der Waals surface area contributed by atoms with Crippen LogP contribution < -0.4 is 5.32 Å². The van der Waals surface area contributed by atoms with E-state index in [9.17, 15) is 0 Å². The summed E-state index contributed by atoms with van der Waals surface area (Å²) in [6, 6.07) is 8.47. The van der Waals surface area contributed by atoms with E-state index < -0.39 is 0 Å². The van der Waals surface area contributed by atoms with Crippen molar-refractivity contribution in [2.45, 2.75) is 25.8 Å². The molecular formula is C18H25N5. The molecule has 0 aliphatic carbocycles. The summed E-state index contributed by atoms with van der Waals surface area (Å²) in [5.74, 6) is 1.53. The molecule has 1 aliphatic rings. The van der Waals surface area contributed by atoms with Crippen LogP contribution in [0.15, 0.2) is 41.7 Å². The van der Waals surface area contributed by atoms with E-state index in [1.807, 2.05) is 25.0 Å². The molecule has 1 aliphatic heterocycles. The largest absolute Gasteiger partial charge is 0.352 e. The van der Waals surface area contributed by atoms with Crippen molar-refractivity contribution in [3.63, 3.8) is 0 Å². The summed E-state index contributed by atoms with van der Waals surface area (Å²) in [6.45, 7) is 4.99. The van der Waals surface area contributed by atoms with Crippen LogP contribution >= 0.6 is 0 Å². The highest BCUT2D eigenvalue weighted by molar-refractivity contribution is 5.80. The van der Waals surface area contributed by atoms with E-state index in [2.05, 4.69) is 57.7 Å². The first-order valence-corrected chi connectivity index (χ1v) is 8.16. The Hall–Kier alpha value is -2.30. The summed E-state index contributed by atoms with van der Waals surface area (Å²) in [4.78, 5) is 6.80. The third-order valence-electron chi connectivity index (χ3n) is 4.59. The Kier molecular flexibility index (Phi) is 4.65. The van der Waals surface area contributed by atoms with Gasteiger partial charge in [-0.25, -0.2) is 0 Å². The Balaban J connectivity index is 1.60. The van der Waals surface area contributed by atoms with E-state index in [0.29, 0.717) is 5.92 Å². The zero-order chi connectivity index (χ0) is 16.2. The standard InChI is InChI=1S/C18H25N5/c1-14-6-4-5-7-15(14)10-20-18(19-2)23-9-8-16(13-23)17-11-21-22(3)12-17/h4-7,11-12,16H,8-10,13H2,1-3H3,(H,19,20). The molecule has 1 fully saturated rings. The molecule has 1 N–H and O–H groups in total. The van der Waals surface area contributed by atoms with Crippen LogP contribution in [0.3, 0.4) is 0 Å². The Morgan fingerprint density at radius 3 is 2.91 bits per heavy atom. The lowest BCUT2D eigenvalue weighted by atomic mass is 10.0. The van der Waals surface area contributed by atoms with Crippen LogP contribution in [0.2, 0.25) is 0 Å². The van der Waals surface area contributed by atoms with E-state index in [0.717, 1.165) is 32.0 Å². The van der Waals surface area contributed by atoms with Crippen LogP contribution in [0.4, 0.5) is 0 Å². The van der Waals surface area contributed by atoms with Gasteiger partial charge in [0.1, 0.15) is 0 Å². The second-order valence-electron chi connectivity index (χ2n) is 6.21. The first-order valence-electron chi connectivity index (χ1n) is 8.16. The molecule has 0 saturated carbocycles. The minimum atomic E-state index is 0.542. The molecule has 1 aromatic carbocycles. The Morgan fingerprint density at radius 2 is 2.22 bits per heavy atom. The molecule has 1 unspecified atom stereocenters. The van der Waals surface area contributed by atoms with Gasteiger partial charge in [-0.05, 0) is 30.0 Å². The van der Waals surface area contributed by atoms with Crippen LogP contribution in [0, 0.1) is 6.92 Å². The Morgan fingerprint density at radius 1 is 1.39 bits per heavy atom. The lowest BCUT2D eigenvalue weighted by molar-refractivity contribution is 0.485. The molecule has 5 nitrogen and oxygen atoms in total. The van der Waals surface area contributed by atoms with Gasteiger partial charge >= 0.3 is 0 Å². The van der Waals surface area contributed by atoms with Gasteiger partial charge in [-0.15, -0.1) is 0 Å². The molecular weight excluding hydrogens is 286 g/mol. The second kappa shape index (κ2) is 6.86. The molecule has 1 aromatic heterocycles. The van der Waals surface area contributed by atoms with Crippen molar-refractivity contribution in [3.05, 3.63) is 53.3 Å². The third kappa shape index (κ3) is 3.55. The van der Waals surface area contributed by atoms with Crippen molar-refractivity contribution in [2.75, 3.05) is 20.1 Å². The number of aromatic nitrogens is 2. The highest BCUT2D eigenvalue weighted by Gasteiger charge is 2.26. The average molecular weight is 311 g/mol. The fourth-order valence-electron chi connectivity index (χ4n) is 3.19. The number of nitrogens with one attached hydrogen (secondary N) is 1. The van der Waals surface area contributed by atoms with Crippen LogP contribution in [-0.4, -0.2) is 40.8 Å². The predicted molar refractivity (Wildman–Crippen MR) is 93.5 cm³/mol. The minimum Gasteiger partial charge on any atom is -0.352 e. The molecule has 1 atom stereocenters. The highest BCUT2D eigenvalue weighted by Crippen LogP contribution is 2.26. The van der Waals surface area contributed by atoms with E-state index in [-0.39, 0.29) is 0 Å². The maximum Gasteiger partial charge on any atom is 0.193 e. The van der Waals surface area contributed by atoms with Crippen LogP contribution in [-0.2, 0) is 13.6 Å². The number of rotatable bonds is 3. The summed E-state index contributed by atoms with van der Waals surface area (Å²) in [7, 11) is 3.83. The number of likely N-dealkylation sites (tertiary alicyclic amines) is 1. The molecule has 3 rings (SSSR count).